The topological polar surface area (TPSA) is 126 Å². The Balaban J connectivity index is 1.45. The first-order valence-corrected chi connectivity index (χ1v) is 11.0. The minimum absolute atomic E-state index is 0.174. The molecule has 0 aliphatic heterocycles. The number of alkyl halides is 2. The molecule has 34 heavy (non-hydrogen) atoms. The summed E-state index contributed by atoms with van der Waals surface area (Å²) in [5.74, 6) is -2.37. The van der Waals surface area contributed by atoms with Gasteiger partial charge in [-0.1, -0.05) is 0 Å². The maximum atomic E-state index is 13.3. The highest BCUT2D eigenvalue weighted by Crippen LogP contribution is 2.44. The molecule has 3 aromatic rings. The van der Waals surface area contributed by atoms with Crippen molar-refractivity contribution in [3.8, 4) is 0 Å². The maximum Gasteiger partial charge on any atom is 0.274 e. The van der Waals surface area contributed by atoms with Crippen LogP contribution in [0.5, 0.6) is 0 Å². The quantitative estimate of drug-likeness (QED) is 0.433. The van der Waals surface area contributed by atoms with Crippen LogP contribution in [0, 0.1) is 0 Å². The second kappa shape index (κ2) is 7.76. The van der Waals surface area contributed by atoms with Crippen molar-refractivity contribution in [3.63, 3.8) is 0 Å². The number of fused-ring (bicyclic) bond motifs is 1. The molecule has 1 amide bonds. The van der Waals surface area contributed by atoms with Crippen LogP contribution in [-0.2, 0) is 0 Å². The summed E-state index contributed by atoms with van der Waals surface area (Å²) in [6, 6.07) is 3.86. The monoisotopic (exact) mass is 473 g/mol. The number of nitrogens with one attached hydrogen (secondary N) is 3. The van der Waals surface area contributed by atoms with Crippen LogP contribution in [0.1, 0.15) is 49.0 Å². The van der Waals surface area contributed by atoms with Gasteiger partial charge in [-0.2, -0.15) is 9.61 Å². The zero-order valence-electron chi connectivity index (χ0n) is 18.7. The third-order valence-corrected chi connectivity index (χ3v) is 6.67. The van der Waals surface area contributed by atoms with E-state index in [1.807, 2.05) is 0 Å². The Bertz CT molecular complexity index is 1330. The molecule has 3 heterocycles. The minimum atomic E-state index is -2.74. The SMILES string of the molecule is CNc1cc(Nc2cccn(C3CC(F)(F)C3)c2=O)nc2c(C(=O)N[C@H]3CC[C@]3(C)O)cnn12. The Labute approximate surface area is 193 Å². The summed E-state index contributed by atoms with van der Waals surface area (Å²) >= 11 is 0. The summed E-state index contributed by atoms with van der Waals surface area (Å²) in [6.45, 7) is 1.67. The van der Waals surface area contributed by atoms with Gasteiger partial charge in [0.15, 0.2) is 5.65 Å². The first-order valence-electron chi connectivity index (χ1n) is 11.0. The smallest absolute Gasteiger partial charge is 0.274 e. The highest BCUT2D eigenvalue weighted by atomic mass is 19.3. The average Bonchev–Trinajstić information content (AvgIpc) is 3.20. The van der Waals surface area contributed by atoms with Crippen molar-refractivity contribution in [2.75, 3.05) is 17.7 Å². The molecule has 2 aliphatic rings. The Kier molecular flexibility index (Phi) is 5.08. The van der Waals surface area contributed by atoms with Gasteiger partial charge < -0.3 is 25.6 Å². The molecule has 0 bridgehead atoms. The van der Waals surface area contributed by atoms with Gasteiger partial charge in [-0.25, -0.2) is 13.8 Å². The fourth-order valence-corrected chi connectivity index (χ4v) is 4.39. The third kappa shape index (κ3) is 3.77. The largest absolute Gasteiger partial charge is 0.388 e. The summed E-state index contributed by atoms with van der Waals surface area (Å²) in [6.07, 6.45) is 3.43. The van der Waals surface area contributed by atoms with Crippen molar-refractivity contribution in [3.05, 3.63) is 46.5 Å². The molecule has 2 saturated carbocycles. The molecule has 2 aliphatic carbocycles. The lowest BCUT2D eigenvalue weighted by Crippen LogP contribution is -2.58. The van der Waals surface area contributed by atoms with Crippen molar-refractivity contribution >= 4 is 28.9 Å². The van der Waals surface area contributed by atoms with Crippen LogP contribution >= 0.6 is 0 Å². The maximum absolute atomic E-state index is 13.3. The zero-order chi connectivity index (χ0) is 24.3. The van der Waals surface area contributed by atoms with Crippen LogP contribution in [0.3, 0.4) is 0 Å². The molecule has 2 fully saturated rings. The lowest BCUT2D eigenvalue weighted by Gasteiger charge is -2.42. The molecule has 5 rings (SSSR count). The number of aromatic nitrogens is 4. The highest BCUT2D eigenvalue weighted by Gasteiger charge is 2.46. The van der Waals surface area contributed by atoms with E-state index in [2.05, 4.69) is 26.0 Å². The first kappa shape index (κ1) is 22.3. The normalized spacial score (nSPS) is 23.7. The van der Waals surface area contributed by atoms with Gasteiger partial charge in [-0.15, -0.1) is 0 Å². The number of pyridine rings is 1. The van der Waals surface area contributed by atoms with E-state index >= 15 is 0 Å². The minimum Gasteiger partial charge on any atom is -0.388 e. The number of anilines is 3. The lowest BCUT2D eigenvalue weighted by molar-refractivity contribution is -0.104. The number of rotatable bonds is 6. The van der Waals surface area contributed by atoms with Crippen molar-refractivity contribution < 1.29 is 18.7 Å². The van der Waals surface area contributed by atoms with Crippen molar-refractivity contribution in [2.45, 2.75) is 56.2 Å². The first-order chi connectivity index (χ1) is 16.1. The number of carbonyl (C=O) groups is 1. The molecule has 0 unspecified atom stereocenters. The molecular formula is C22H25F2N7O3. The van der Waals surface area contributed by atoms with E-state index in [4.69, 9.17) is 0 Å². The summed E-state index contributed by atoms with van der Waals surface area (Å²) in [7, 11) is 1.68. The fraction of sp³-hybridized carbons (Fsp3) is 0.455. The third-order valence-electron chi connectivity index (χ3n) is 6.67. The van der Waals surface area contributed by atoms with Crippen molar-refractivity contribution in [1.29, 1.82) is 0 Å². The van der Waals surface area contributed by atoms with Crippen LogP contribution in [0.15, 0.2) is 35.4 Å². The molecule has 0 saturated heterocycles. The van der Waals surface area contributed by atoms with E-state index in [0.717, 1.165) is 0 Å². The molecule has 0 radical (unpaired) electrons. The molecule has 12 heteroatoms. The molecule has 4 N–H and O–H groups in total. The van der Waals surface area contributed by atoms with Crippen molar-refractivity contribution in [2.24, 2.45) is 0 Å². The number of aliphatic hydroxyl groups is 1. The molecular weight excluding hydrogens is 448 g/mol. The Morgan fingerprint density at radius 1 is 1.32 bits per heavy atom. The standard InChI is InChI=1S/C22H25F2N7O3/c1-21(34)6-5-15(21)28-19(32)13-11-26-31-17(25-2)8-16(29-18(13)31)27-14-4-3-7-30(20(14)33)12-9-22(23,24)10-12/h3-4,7-8,11-12,15,25,34H,5-6,9-10H2,1-2H3,(H,27,29)(H,28,32)/t15-,21-/m0/s1. The molecule has 3 aromatic heterocycles. The summed E-state index contributed by atoms with van der Waals surface area (Å²) in [5, 5.41) is 23.2. The van der Waals surface area contributed by atoms with Gasteiger partial charge in [0.2, 0.25) is 0 Å². The summed E-state index contributed by atoms with van der Waals surface area (Å²) < 4.78 is 29.4. The van der Waals surface area contributed by atoms with Gasteiger partial charge in [-0.3, -0.25) is 9.59 Å². The number of hydrogen-bond acceptors (Lipinski definition) is 7. The molecule has 2 atom stereocenters. The van der Waals surface area contributed by atoms with Crippen LogP contribution in [0.4, 0.5) is 26.1 Å². The average molecular weight is 473 g/mol. The fourth-order valence-electron chi connectivity index (χ4n) is 4.39. The number of hydrogen-bond donors (Lipinski definition) is 4. The molecule has 0 aromatic carbocycles. The zero-order valence-corrected chi connectivity index (χ0v) is 18.7. The van der Waals surface area contributed by atoms with Crippen LogP contribution in [0.2, 0.25) is 0 Å². The predicted octanol–water partition coefficient (Wildman–Crippen LogP) is 2.29. The van der Waals surface area contributed by atoms with Gasteiger partial charge in [0.05, 0.1) is 17.8 Å². The second-order valence-corrected chi connectivity index (χ2v) is 9.17. The Morgan fingerprint density at radius 3 is 2.71 bits per heavy atom. The number of halogens is 2. The highest BCUT2D eigenvalue weighted by molar-refractivity contribution is 6.00. The molecule has 180 valence electrons. The number of carbonyl (C=O) groups excluding carboxylic acids is 1. The van der Waals surface area contributed by atoms with E-state index < -0.39 is 29.0 Å². The number of nitrogens with zero attached hydrogens (tertiary/aromatic N) is 4. The van der Waals surface area contributed by atoms with Crippen LogP contribution < -0.4 is 21.5 Å². The Hall–Kier alpha value is -3.54. The number of amides is 1. The van der Waals surface area contributed by atoms with Gasteiger partial charge in [0.25, 0.3) is 17.4 Å². The van der Waals surface area contributed by atoms with E-state index in [1.54, 1.807) is 32.2 Å². The molecule has 0 spiro atoms. The van der Waals surface area contributed by atoms with Crippen LogP contribution in [0.25, 0.3) is 5.65 Å². The van der Waals surface area contributed by atoms with Crippen LogP contribution in [-0.4, -0.2) is 54.8 Å². The summed E-state index contributed by atoms with van der Waals surface area (Å²) in [5.41, 5.74) is -0.750. The van der Waals surface area contributed by atoms with E-state index in [0.29, 0.717) is 18.7 Å². The van der Waals surface area contributed by atoms with Gasteiger partial charge in [-0.05, 0) is 31.9 Å². The Morgan fingerprint density at radius 2 is 2.09 bits per heavy atom. The van der Waals surface area contributed by atoms with E-state index in [9.17, 15) is 23.5 Å². The second-order valence-electron chi connectivity index (χ2n) is 9.17. The van der Waals surface area contributed by atoms with Gasteiger partial charge in [0.1, 0.15) is 22.9 Å². The molecule has 10 nitrogen and oxygen atoms in total. The predicted molar refractivity (Wildman–Crippen MR) is 121 cm³/mol. The summed E-state index contributed by atoms with van der Waals surface area (Å²) in [4.78, 5) is 30.2. The lowest BCUT2D eigenvalue weighted by atomic mass is 9.76. The van der Waals surface area contributed by atoms with Gasteiger partial charge in [0, 0.05) is 38.2 Å². The van der Waals surface area contributed by atoms with Gasteiger partial charge >= 0.3 is 0 Å². The van der Waals surface area contributed by atoms with E-state index in [-0.39, 0.29) is 41.6 Å². The van der Waals surface area contributed by atoms with E-state index in [1.165, 1.54) is 21.5 Å². The van der Waals surface area contributed by atoms with Crippen molar-refractivity contribution in [1.82, 2.24) is 24.5 Å².